The van der Waals surface area contributed by atoms with E-state index < -0.39 is 16.2 Å². The van der Waals surface area contributed by atoms with E-state index in [0.717, 1.165) is 0 Å². The summed E-state index contributed by atoms with van der Waals surface area (Å²) in [6, 6.07) is 0. The Bertz CT molecular complexity index is 194. The predicted octanol–water partition coefficient (Wildman–Crippen LogP) is -0.569. The molecule has 9 heavy (non-hydrogen) atoms. The lowest BCUT2D eigenvalue weighted by molar-refractivity contribution is 0.213. The minimum absolute atomic E-state index is 0.254. The van der Waals surface area contributed by atoms with Crippen molar-refractivity contribution < 1.29 is 17.4 Å². The second-order valence-corrected chi connectivity index (χ2v) is 3.11. The molecule has 0 saturated heterocycles. The monoisotopic (exact) mass is 153 g/mol. The highest BCUT2D eigenvalue weighted by Gasteiger charge is 2.09. The Labute approximate surface area is 52.9 Å². The molecule has 0 aliphatic rings. The van der Waals surface area contributed by atoms with Gasteiger partial charge in [0.2, 0.25) is 0 Å². The fraction of sp³-hybridized carbons (Fsp3) is 0.667. The molecule has 1 amide bonds. The first kappa shape index (κ1) is 8.22. The highest BCUT2D eigenvalue weighted by molar-refractivity contribution is 7.87. The number of hydrogen-bond acceptors (Lipinski definition) is 4. The smallest absolute Gasteiger partial charge is 0.334 e. The third-order valence-electron chi connectivity index (χ3n) is 0.563. The van der Waals surface area contributed by atoms with E-state index in [1.54, 1.807) is 0 Å². The summed E-state index contributed by atoms with van der Waals surface area (Å²) >= 11 is 0. The molecule has 0 aromatic heterocycles. The van der Waals surface area contributed by atoms with Gasteiger partial charge in [0.05, 0.1) is 5.75 Å². The standard InChI is InChI=1S/C3H7NO4S/c1-2-9(6,7)8-3(4)5/h2H2,1H3,(H2,4,5). The molecule has 0 bridgehead atoms. The van der Waals surface area contributed by atoms with Crippen LogP contribution in [-0.4, -0.2) is 20.3 Å². The van der Waals surface area contributed by atoms with E-state index in [1.807, 2.05) is 0 Å². The highest BCUT2D eigenvalue weighted by atomic mass is 32.2. The van der Waals surface area contributed by atoms with Gasteiger partial charge in [-0.2, -0.15) is 8.42 Å². The molecule has 0 aliphatic carbocycles. The second kappa shape index (κ2) is 2.67. The van der Waals surface area contributed by atoms with Gasteiger partial charge in [0.1, 0.15) is 0 Å². The van der Waals surface area contributed by atoms with Gasteiger partial charge < -0.3 is 9.92 Å². The van der Waals surface area contributed by atoms with Gasteiger partial charge >= 0.3 is 16.2 Å². The Morgan fingerprint density at radius 3 is 2.22 bits per heavy atom. The first-order chi connectivity index (χ1) is 3.98. The van der Waals surface area contributed by atoms with Crippen molar-refractivity contribution in [3.63, 3.8) is 0 Å². The van der Waals surface area contributed by atoms with E-state index in [2.05, 4.69) is 9.92 Å². The van der Waals surface area contributed by atoms with Crippen molar-refractivity contribution >= 4 is 16.2 Å². The fourth-order valence-electron chi connectivity index (χ4n) is 0.184. The molecule has 0 unspecified atom stereocenters. The van der Waals surface area contributed by atoms with Crippen LogP contribution in [0, 0.1) is 0 Å². The topological polar surface area (TPSA) is 86.5 Å². The fourth-order valence-corrected chi connectivity index (χ4v) is 0.552. The van der Waals surface area contributed by atoms with Crippen LogP contribution < -0.4 is 5.73 Å². The molecule has 0 fully saturated rings. The lowest BCUT2D eigenvalue weighted by Gasteiger charge is -1.96. The van der Waals surface area contributed by atoms with E-state index in [1.165, 1.54) is 6.92 Å². The van der Waals surface area contributed by atoms with Gasteiger partial charge in [-0.3, -0.25) is 0 Å². The summed E-state index contributed by atoms with van der Waals surface area (Å²) in [6.45, 7) is 1.35. The quantitative estimate of drug-likeness (QED) is 0.538. The van der Waals surface area contributed by atoms with Crippen LogP contribution in [0.2, 0.25) is 0 Å². The van der Waals surface area contributed by atoms with Crippen molar-refractivity contribution in [3.05, 3.63) is 0 Å². The van der Waals surface area contributed by atoms with Crippen LogP contribution in [0.15, 0.2) is 0 Å². The molecule has 0 heterocycles. The highest BCUT2D eigenvalue weighted by Crippen LogP contribution is 1.89. The summed E-state index contributed by atoms with van der Waals surface area (Å²) in [5.74, 6) is -0.254. The van der Waals surface area contributed by atoms with Gasteiger partial charge in [-0.05, 0) is 6.92 Å². The number of nitrogens with two attached hydrogens (primary N) is 1. The number of amides is 1. The molecule has 0 saturated carbocycles. The SMILES string of the molecule is CCS(=O)(=O)OC(N)=O. The Kier molecular flexibility index (Phi) is 2.44. The largest absolute Gasteiger partial charge is 0.420 e. The van der Waals surface area contributed by atoms with Gasteiger partial charge in [-0.1, -0.05) is 0 Å². The predicted molar refractivity (Wildman–Crippen MR) is 30.1 cm³/mol. The Morgan fingerprint density at radius 2 is 2.11 bits per heavy atom. The van der Waals surface area contributed by atoms with Gasteiger partial charge in [0, 0.05) is 0 Å². The first-order valence-electron chi connectivity index (χ1n) is 2.19. The summed E-state index contributed by atoms with van der Waals surface area (Å²) in [5.41, 5.74) is 4.41. The first-order valence-corrected chi connectivity index (χ1v) is 3.77. The van der Waals surface area contributed by atoms with E-state index in [0.29, 0.717) is 0 Å². The number of carbonyl (C=O) groups excluding carboxylic acids is 1. The van der Waals surface area contributed by atoms with Crippen LogP contribution in [0.5, 0.6) is 0 Å². The van der Waals surface area contributed by atoms with Crippen molar-refractivity contribution in [1.29, 1.82) is 0 Å². The number of primary amides is 1. The lowest BCUT2D eigenvalue weighted by Crippen LogP contribution is -2.19. The molecule has 0 spiro atoms. The van der Waals surface area contributed by atoms with Crippen molar-refractivity contribution in [2.24, 2.45) is 5.73 Å². The van der Waals surface area contributed by atoms with Crippen LogP contribution in [0.3, 0.4) is 0 Å². The Hall–Kier alpha value is -0.780. The summed E-state index contributed by atoms with van der Waals surface area (Å²) in [4.78, 5) is 9.79. The molecular weight excluding hydrogens is 146 g/mol. The molecule has 0 rings (SSSR count). The summed E-state index contributed by atoms with van der Waals surface area (Å²) in [5, 5.41) is 0. The molecule has 0 aromatic carbocycles. The van der Waals surface area contributed by atoms with Crippen LogP contribution in [0.25, 0.3) is 0 Å². The third-order valence-corrected chi connectivity index (χ3v) is 1.69. The van der Waals surface area contributed by atoms with Crippen LogP contribution in [0.1, 0.15) is 6.92 Å². The Balaban J connectivity index is 4.06. The van der Waals surface area contributed by atoms with Crippen LogP contribution in [0.4, 0.5) is 4.79 Å². The third kappa shape index (κ3) is 3.77. The summed E-state index contributed by atoms with van der Waals surface area (Å²) < 4.78 is 24.3. The van der Waals surface area contributed by atoms with Gasteiger partial charge in [-0.15, -0.1) is 0 Å². The number of rotatable bonds is 2. The average molecular weight is 153 g/mol. The normalized spacial score (nSPS) is 10.8. The maximum atomic E-state index is 10.3. The molecule has 6 heteroatoms. The zero-order valence-corrected chi connectivity index (χ0v) is 5.64. The zero-order chi connectivity index (χ0) is 7.49. The molecule has 5 nitrogen and oxygen atoms in total. The van der Waals surface area contributed by atoms with E-state index in [9.17, 15) is 13.2 Å². The molecule has 0 aromatic rings. The summed E-state index contributed by atoms with van der Waals surface area (Å²) in [7, 11) is -3.69. The molecule has 0 atom stereocenters. The maximum absolute atomic E-state index is 10.3. The molecule has 0 aliphatic heterocycles. The van der Waals surface area contributed by atoms with Crippen LogP contribution >= 0.6 is 0 Å². The zero-order valence-electron chi connectivity index (χ0n) is 4.83. The Morgan fingerprint density at radius 1 is 1.67 bits per heavy atom. The second-order valence-electron chi connectivity index (χ2n) is 1.25. The molecule has 0 radical (unpaired) electrons. The van der Waals surface area contributed by atoms with Gasteiger partial charge in [-0.25, -0.2) is 4.79 Å². The lowest BCUT2D eigenvalue weighted by atomic mass is 11.0. The molecular formula is C3H7NO4S. The van der Waals surface area contributed by atoms with E-state index in [-0.39, 0.29) is 5.75 Å². The van der Waals surface area contributed by atoms with Crippen molar-refractivity contribution in [2.75, 3.05) is 5.75 Å². The minimum atomic E-state index is -3.69. The van der Waals surface area contributed by atoms with Crippen LogP contribution in [-0.2, 0) is 14.3 Å². The molecule has 54 valence electrons. The maximum Gasteiger partial charge on any atom is 0.420 e. The minimum Gasteiger partial charge on any atom is -0.334 e. The number of carbonyl (C=O) groups is 1. The van der Waals surface area contributed by atoms with Crippen molar-refractivity contribution in [3.8, 4) is 0 Å². The van der Waals surface area contributed by atoms with Gasteiger partial charge in [0.25, 0.3) is 0 Å². The van der Waals surface area contributed by atoms with Gasteiger partial charge in [0.15, 0.2) is 0 Å². The van der Waals surface area contributed by atoms with E-state index >= 15 is 0 Å². The van der Waals surface area contributed by atoms with Crippen molar-refractivity contribution in [2.45, 2.75) is 6.92 Å². The molecule has 2 N–H and O–H groups in total. The van der Waals surface area contributed by atoms with Crippen molar-refractivity contribution in [1.82, 2.24) is 0 Å². The summed E-state index contributed by atoms with van der Waals surface area (Å²) in [6.07, 6.45) is -1.29. The average Bonchev–Trinajstić information content (AvgIpc) is 1.63. The van der Waals surface area contributed by atoms with E-state index in [4.69, 9.17) is 0 Å². The number of hydrogen-bond donors (Lipinski definition) is 1.